The van der Waals surface area contributed by atoms with E-state index >= 15 is 0 Å². The van der Waals surface area contributed by atoms with Crippen LogP contribution in [-0.4, -0.2) is 11.0 Å². The van der Waals surface area contributed by atoms with Crippen LogP contribution in [0.1, 0.15) is 17.0 Å². The lowest BCUT2D eigenvalue weighted by atomic mass is 10.2. The fraction of sp³-hybridized carbons (Fsp3) is 0.231. The number of aromatic nitrogens is 1. The molecule has 0 bridgehead atoms. The van der Waals surface area contributed by atoms with E-state index in [1.165, 1.54) is 23.5 Å². The molecule has 2 rings (SSSR count). The molecule has 2 aromatic rings. The summed E-state index contributed by atoms with van der Waals surface area (Å²) in [6, 6.07) is 4.25. The van der Waals surface area contributed by atoms with Crippen LogP contribution < -0.4 is 4.74 Å². The van der Waals surface area contributed by atoms with Crippen molar-refractivity contribution in [1.82, 2.24) is 4.98 Å². The standard InChI is InChI=1S/C13H10F3NO2S/c14-13(15,16)9-2-1-3-10(8-9)19-12(18)5-4-11-17-6-7-20-11/h1-3,6-8H,4-5H2. The molecule has 0 radical (unpaired) electrons. The maximum absolute atomic E-state index is 12.5. The van der Waals surface area contributed by atoms with Gasteiger partial charge in [-0.1, -0.05) is 6.07 Å². The number of hydrogen-bond acceptors (Lipinski definition) is 4. The second kappa shape index (κ2) is 6.04. The van der Waals surface area contributed by atoms with Gasteiger partial charge in [0, 0.05) is 18.0 Å². The van der Waals surface area contributed by atoms with Crippen LogP contribution >= 0.6 is 11.3 Å². The van der Waals surface area contributed by atoms with Gasteiger partial charge in [0.05, 0.1) is 17.0 Å². The Kier molecular flexibility index (Phi) is 4.39. The molecule has 0 spiro atoms. The van der Waals surface area contributed by atoms with Gasteiger partial charge in [0.25, 0.3) is 0 Å². The summed E-state index contributed by atoms with van der Waals surface area (Å²) < 4.78 is 42.4. The Morgan fingerprint density at radius 3 is 2.80 bits per heavy atom. The van der Waals surface area contributed by atoms with Crippen molar-refractivity contribution in [2.45, 2.75) is 19.0 Å². The number of rotatable bonds is 4. The van der Waals surface area contributed by atoms with E-state index in [4.69, 9.17) is 4.74 Å². The highest BCUT2D eigenvalue weighted by atomic mass is 32.1. The highest BCUT2D eigenvalue weighted by Crippen LogP contribution is 2.31. The molecule has 1 heterocycles. The van der Waals surface area contributed by atoms with Gasteiger partial charge in [-0.2, -0.15) is 13.2 Å². The van der Waals surface area contributed by atoms with Crippen molar-refractivity contribution < 1.29 is 22.7 Å². The number of benzene rings is 1. The van der Waals surface area contributed by atoms with Gasteiger partial charge in [0.1, 0.15) is 5.75 Å². The number of alkyl halides is 3. The smallest absolute Gasteiger partial charge is 0.416 e. The van der Waals surface area contributed by atoms with Gasteiger partial charge < -0.3 is 4.74 Å². The second-order valence-corrected chi connectivity index (χ2v) is 4.90. The van der Waals surface area contributed by atoms with Crippen molar-refractivity contribution in [1.29, 1.82) is 0 Å². The van der Waals surface area contributed by atoms with Crippen molar-refractivity contribution in [2.24, 2.45) is 0 Å². The van der Waals surface area contributed by atoms with E-state index in [1.54, 1.807) is 11.6 Å². The topological polar surface area (TPSA) is 39.2 Å². The lowest BCUT2D eigenvalue weighted by molar-refractivity contribution is -0.139. The summed E-state index contributed by atoms with van der Waals surface area (Å²) in [7, 11) is 0. The van der Waals surface area contributed by atoms with Crippen molar-refractivity contribution >= 4 is 17.3 Å². The summed E-state index contributed by atoms with van der Waals surface area (Å²) in [5, 5.41) is 2.57. The highest BCUT2D eigenvalue weighted by Gasteiger charge is 2.30. The van der Waals surface area contributed by atoms with E-state index in [1.807, 2.05) is 0 Å². The molecule has 0 amide bonds. The first kappa shape index (κ1) is 14.5. The van der Waals surface area contributed by atoms with Gasteiger partial charge in [-0.3, -0.25) is 4.79 Å². The molecule has 3 nitrogen and oxygen atoms in total. The summed E-state index contributed by atoms with van der Waals surface area (Å²) in [4.78, 5) is 15.5. The van der Waals surface area contributed by atoms with Crippen molar-refractivity contribution in [3.63, 3.8) is 0 Å². The van der Waals surface area contributed by atoms with Crippen molar-refractivity contribution in [3.8, 4) is 5.75 Å². The van der Waals surface area contributed by atoms with Gasteiger partial charge in [0.2, 0.25) is 0 Å². The molecule has 1 aromatic heterocycles. The predicted octanol–water partition coefficient (Wildman–Crippen LogP) is 3.70. The molecule has 0 aliphatic rings. The maximum Gasteiger partial charge on any atom is 0.416 e. The molecule has 106 valence electrons. The van der Waals surface area contributed by atoms with Gasteiger partial charge in [-0.15, -0.1) is 11.3 Å². The second-order valence-electron chi connectivity index (χ2n) is 3.93. The van der Waals surface area contributed by atoms with Crippen LogP contribution in [0.4, 0.5) is 13.2 Å². The number of ether oxygens (including phenoxy) is 1. The molecule has 0 aliphatic carbocycles. The largest absolute Gasteiger partial charge is 0.427 e. The van der Waals surface area contributed by atoms with E-state index in [0.29, 0.717) is 6.42 Å². The van der Waals surface area contributed by atoms with Gasteiger partial charge in [-0.05, 0) is 18.2 Å². The van der Waals surface area contributed by atoms with Gasteiger partial charge in [-0.25, -0.2) is 4.98 Å². The average Bonchev–Trinajstić information content (AvgIpc) is 2.89. The quantitative estimate of drug-likeness (QED) is 0.638. The SMILES string of the molecule is O=C(CCc1nccs1)Oc1cccc(C(F)(F)F)c1. The molecule has 0 fully saturated rings. The third-order valence-electron chi connectivity index (χ3n) is 2.42. The zero-order chi connectivity index (χ0) is 14.6. The van der Waals surface area contributed by atoms with Gasteiger partial charge >= 0.3 is 12.1 Å². The predicted molar refractivity (Wildman–Crippen MR) is 67.5 cm³/mol. The van der Waals surface area contributed by atoms with E-state index in [0.717, 1.165) is 17.1 Å². The number of thiazole rings is 1. The zero-order valence-corrected chi connectivity index (χ0v) is 11.0. The summed E-state index contributed by atoms with van der Waals surface area (Å²) in [6.07, 6.45) is -2.35. The van der Waals surface area contributed by atoms with E-state index < -0.39 is 17.7 Å². The lowest BCUT2D eigenvalue weighted by Crippen LogP contribution is -2.10. The minimum Gasteiger partial charge on any atom is -0.427 e. The minimum atomic E-state index is -4.46. The normalized spacial score (nSPS) is 11.3. The van der Waals surface area contributed by atoms with E-state index in [2.05, 4.69) is 4.98 Å². The average molecular weight is 301 g/mol. The molecule has 0 unspecified atom stereocenters. The fourth-order valence-electron chi connectivity index (χ4n) is 1.50. The maximum atomic E-state index is 12.5. The van der Waals surface area contributed by atoms with E-state index in [-0.39, 0.29) is 12.2 Å². The van der Waals surface area contributed by atoms with Crippen LogP contribution in [0.5, 0.6) is 5.75 Å². The van der Waals surface area contributed by atoms with Crippen molar-refractivity contribution in [3.05, 3.63) is 46.4 Å². The van der Waals surface area contributed by atoms with Crippen molar-refractivity contribution in [2.75, 3.05) is 0 Å². The zero-order valence-electron chi connectivity index (χ0n) is 10.2. The number of aryl methyl sites for hydroxylation is 1. The number of esters is 1. The molecule has 0 atom stereocenters. The Morgan fingerprint density at radius 1 is 1.35 bits per heavy atom. The Morgan fingerprint density at radius 2 is 2.15 bits per heavy atom. The molecular formula is C13H10F3NO2S. The van der Waals surface area contributed by atoms with Crippen LogP contribution in [0.15, 0.2) is 35.8 Å². The molecule has 0 aliphatic heterocycles. The number of nitrogens with zero attached hydrogens (tertiary/aromatic N) is 1. The van der Waals surface area contributed by atoms with Crippen LogP contribution in [0.3, 0.4) is 0 Å². The Hall–Kier alpha value is -1.89. The molecule has 20 heavy (non-hydrogen) atoms. The number of carbonyl (C=O) groups is 1. The Bertz CT molecular complexity index is 582. The summed E-state index contributed by atoms with van der Waals surface area (Å²) >= 11 is 1.41. The number of halogens is 3. The molecular weight excluding hydrogens is 291 g/mol. The molecule has 0 saturated carbocycles. The Labute approximate surface area is 117 Å². The van der Waals surface area contributed by atoms with Crippen LogP contribution in [-0.2, 0) is 17.4 Å². The Balaban J connectivity index is 1.94. The highest BCUT2D eigenvalue weighted by molar-refractivity contribution is 7.09. The van der Waals surface area contributed by atoms with E-state index in [9.17, 15) is 18.0 Å². The first-order valence-electron chi connectivity index (χ1n) is 5.71. The first-order valence-corrected chi connectivity index (χ1v) is 6.59. The fourth-order valence-corrected chi connectivity index (χ4v) is 2.12. The molecule has 0 saturated heterocycles. The van der Waals surface area contributed by atoms with Crippen LogP contribution in [0, 0.1) is 0 Å². The molecule has 0 N–H and O–H groups in total. The minimum absolute atomic E-state index is 0.0732. The number of hydrogen-bond donors (Lipinski definition) is 0. The number of carbonyl (C=O) groups excluding carboxylic acids is 1. The molecule has 1 aromatic carbocycles. The lowest BCUT2D eigenvalue weighted by Gasteiger charge is -2.08. The third-order valence-corrected chi connectivity index (χ3v) is 3.26. The summed E-state index contributed by atoms with van der Waals surface area (Å²) in [6.45, 7) is 0. The van der Waals surface area contributed by atoms with Crippen LogP contribution in [0.25, 0.3) is 0 Å². The van der Waals surface area contributed by atoms with Gasteiger partial charge in [0.15, 0.2) is 0 Å². The third kappa shape index (κ3) is 4.06. The van der Waals surface area contributed by atoms with Crippen LogP contribution in [0.2, 0.25) is 0 Å². The summed E-state index contributed by atoms with van der Waals surface area (Å²) in [5.74, 6) is -0.691. The summed E-state index contributed by atoms with van der Waals surface area (Å²) in [5.41, 5.74) is -0.845. The first-order chi connectivity index (χ1) is 9.45. The molecule has 7 heteroatoms. The monoisotopic (exact) mass is 301 g/mol.